The molecule has 1 aromatic heterocycles. The van der Waals surface area contributed by atoms with Gasteiger partial charge in [0, 0.05) is 43.0 Å². The molecular formula is C13H16N4OS. The predicted molar refractivity (Wildman–Crippen MR) is 78.0 cm³/mol. The first kappa shape index (κ1) is 13.5. The highest BCUT2D eigenvalue weighted by Gasteiger charge is 2.05. The molecule has 0 saturated carbocycles. The van der Waals surface area contributed by atoms with Crippen LogP contribution in [0.4, 0.5) is 11.4 Å². The van der Waals surface area contributed by atoms with E-state index in [-0.39, 0.29) is 5.91 Å². The summed E-state index contributed by atoms with van der Waals surface area (Å²) in [4.78, 5) is 15.9. The van der Waals surface area contributed by atoms with Gasteiger partial charge in [-0.3, -0.25) is 4.79 Å². The van der Waals surface area contributed by atoms with Gasteiger partial charge in [0.05, 0.1) is 0 Å². The van der Waals surface area contributed by atoms with Crippen molar-refractivity contribution in [2.75, 3.05) is 16.8 Å². The van der Waals surface area contributed by atoms with Crippen LogP contribution < -0.4 is 11.1 Å². The summed E-state index contributed by atoms with van der Waals surface area (Å²) in [6, 6.07) is 7.16. The molecule has 2 rings (SSSR count). The summed E-state index contributed by atoms with van der Waals surface area (Å²) in [5, 5.41) is 3.73. The molecule has 0 aliphatic heterocycles. The van der Waals surface area contributed by atoms with Crippen LogP contribution in [0.25, 0.3) is 0 Å². The van der Waals surface area contributed by atoms with E-state index in [9.17, 15) is 4.79 Å². The number of nitrogens with two attached hydrogens (primary N) is 1. The summed E-state index contributed by atoms with van der Waals surface area (Å²) in [5.41, 5.74) is 7.02. The molecule has 0 unspecified atom stereocenters. The first-order valence-electron chi connectivity index (χ1n) is 5.90. The molecule has 0 aliphatic carbocycles. The number of carbonyl (C=O) groups is 1. The van der Waals surface area contributed by atoms with E-state index in [1.807, 2.05) is 29.9 Å². The number of hydrogen-bond acceptors (Lipinski definition) is 4. The van der Waals surface area contributed by atoms with Crippen molar-refractivity contribution >= 4 is 29.0 Å². The monoisotopic (exact) mass is 276 g/mol. The van der Waals surface area contributed by atoms with Crippen LogP contribution in [0.2, 0.25) is 0 Å². The second-order valence-electron chi connectivity index (χ2n) is 4.09. The van der Waals surface area contributed by atoms with Gasteiger partial charge in [-0.05, 0) is 18.2 Å². The number of rotatable bonds is 5. The van der Waals surface area contributed by atoms with Crippen molar-refractivity contribution in [2.45, 2.75) is 11.6 Å². The molecule has 0 bridgehead atoms. The Morgan fingerprint density at radius 3 is 3.05 bits per heavy atom. The predicted octanol–water partition coefficient (Wildman–Crippen LogP) is 2.12. The maximum absolute atomic E-state index is 11.7. The molecule has 1 amide bonds. The van der Waals surface area contributed by atoms with E-state index in [0.717, 1.165) is 10.8 Å². The highest BCUT2D eigenvalue weighted by Crippen LogP contribution is 2.16. The van der Waals surface area contributed by atoms with Crippen LogP contribution in [0.1, 0.15) is 6.42 Å². The number of imidazole rings is 1. The normalized spacial score (nSPS) is 10.4. The second-order valence-corrected chi connectivity index (χ2v) is 5.15. The Labute approximate surface area is 116 Å². The number of nitrogen functional groups attached to an aromatic ring is 1. The van der Waals surface area contributed by atoms with Gasteiger partial charge in [0.2, 0.25) is 5.91 Å². The van der Waals surface area contributed by atoms with Crippen LogP contribution in [0, 0.1) is 0 Å². The van der Waals surface area contributed by atoms with Crippen molar-refractivity contribution in [1.82, 2.24) is 9.55 Å². The molecule has 1 heterocycles. The number of amides is 1. The van der Waals surface area contributed by atoms with Crippen LogP contribution in [0.3, 0.4) is 0 Å². The first-order valence-corrected chi connectivity index (χ1v) is 6.89. The molecule has 0 atom stereocenters. The SMILES string of the molecule is Cn1ccnc1SCCC(=O)Nc1cccc(N)c1. The summed E-state index contributed by atoms with van der Waals surface area (Å²) < 4.78 is 1.93. The van der Waals surface area contributed by atoms with Crippen LogP contribution in [-0.4, -0.2) is 21.2 Å². The molecule has 1 aromatic carbocycles. The highest BCUT2D eigenvalue weighted by atomic mass is 32.2. The van der Waals surface area contributed by atoms with Gasteiger partial charge in [0.1, 0.15) is 0 Å². The number of benzene rings is 1. The topological polar surface area (TPSA) is 72.9 Å². The van der Waals surface area contributed by atoms with E-state index in [0.29, 0.717) is 17.9 Å². The minimum Gasteiger partial charge on any atom is -0.399 e. The molecule has 5 nitrogen and oxygen atoms in total. The number of carbonyl (C=O) groups excluding carboxylic acids is 1. The second kappa shape index (κ2) is 6.29. The molecule has 100 valence electrons. The lowest BCUT2D eigenvalue weighted by molar-refractivity contribution is -0.115. The highest BCUT2D eigenvalue weighted by molar-refractivity contribution is 7.99. The number of anilines is 2. The Bertz CT molecular complexity index is 567. The molecule has 0 saturated heterocycles. The van der Waals surface area contributed by atoms with E-state index < -0.39 is 0 Å². The minimum absolute atomic E-state index is 0.0210. The molecule has 0 aliphatic rings. The number of nitrogens with one attached hydrogen (secondary N) is 1. The third-order valence-electron chi connectivity index (χ3n) is 2.51. The minimum atomic E-state index is -0.0210. The fourth-order valence-corrected chi connectivity index (χ4v) is 2.44. The maximum Gasteiger partial charge on any atom is 0.225 e. The molecular weight excluding hydrogens is 260 g/mol. The smallest absolute Gasteiger partial charge is 0.225 e. The zero-order valence-electron chi connectivity index (χ0n) is 10.7. The van der Waals surface area contributed by atoms with E-state index >= 15 is 0 Å². The van der Waals surface area contributed by atoms with Gasteiger partial charge in [0.15, 0.2) is 5.16 Å². The zero-order chi connectivity index (χ0) is 13.7. The quantitative estimate of drug-likeness (QED) is 0.648. The summed E-state index contributed by atoms with van der Waals surface area (Å²) in [5.74, 6) is 0.672. The summed E-state index contributed by atoms with van der Waals surface area (Å²) in [6.07, 6.45) is 4.07. The summed E-state index contributed by atoms with van der Waals surface area (Å²) >= 11 is 1.56. The molecule has 0 fully saturated rings. The molecule has 0 radical (unpaired) electrons. The van der Waals surface area contributed by atoms with Crippen LogP contribution in [0.15, 0.2) is 41.8 Å². The Balaban J connectivity index is 1.77. The van der Waals surface area contributed by atoms with Gasteiger partial charge in [-0.15, -0.1) is 0 Å². The van der Waals surface area contributed by atoms with Gasteiger partial charge < -0.3 is 15.6 Å². The lowest BCUT2D eigenvalue weighted by Crippen LogP contribution is -2.12. The van der Waals surface area contributed by atoms with E-state index in [1.54, 1.807) is 30.1 Å². The third-order valence-corrected chi connectivity index (χ3v) is 3.57. The van der Waals surface area contributed by atoms with E-state index in [2.05, 4.69) is 10.3 Å². The summed E-state index contributed by atoms with van der Waals surface area (Å²) in [6.45, 7) is 0. The molecule has 19 heavy (non-hydrogen) atoms. The lowest BCUT2D eigenvalue weighted by Gasteiger charge is -2.05. The van der Waals surface area contributed by atoms with E-state index in [4.69, 9.17) is 5.73 Å². The Hall–Kier alpha value is -1.95. The standard InChI is InChI=1S/C13H16N4OS/c1-17-7-6-15-13(17)19-8-5-12(18)16-11-4-2-3-10(14)9-11/h2-4,6-7,9H,5,8,14H2,1H3,(H,16,18). The number of aromatic nitrogens is 2. The van der Waals surface area contributed by atoms with Crippen molar-refractivity contribution in [3.8, 4) is 0 Å². The Morgan fingerprint density at radius 1 is 1.53 bits per heavy atom. The first-order chi connectivity index (χ1) is 9.15. The third kappa shape index (κ3) is 4.03. The molecule has 3 N–H and O–H groups in total. The maximum atomic E-state index is 11.7. The summed E-state index contributed by atoms with van der Waals surface area (Å²) in [7, 11) is 1.93. The fraction of sp³-hybridized carbons (Fsp3) is 0.231. The molecule has 6 heteroatoms. The number of nitrogens with zero attached hydrogens (tertiary/aromatic N) is 2. The van der Waals surface area contributed by atoms with E-state index in [1.165, 1.54) is 0 Å². The van der Waals surface area contributed by atoms with Gasteiger partial charge >= 0.3 is 0 Å². The van der Waals surface area contributed by atoms with Crippen molar-refractivity contribution in [3.05, 3.63) is 36.7 Å². The Morgan fingerprint density at radius 2 is 2.37 bits per heavy atom. The van der Waals surface area contributed by atoms with Crippen molar-refractivity contribution in [2.24, 2.45) is 7.05 Å². The van der Waals surface area contributed by atoms with Crippen molar-refractivity contribution in [1.29, 1.82) is 0 Å². The average Bonchev–Trinajstić information content (AvgIpc) is 2.75. The largest absolute Gasteiger partial charge is 0.399 e. The number of thioether (sulfide) groups is 1. The fourth-order valence-electron chi connectivity index (χ4n) is 1.57. The number of hydrogen-bond donors (Lipinski definition) is 2. The zero-order valence-corrected chi connectivity index (χ0v) is 11.5. The van der Waals surface area contributed by atoms with Crippen molar-refractivity contribution in [3.63, 3.8) is 0 Å². The van der Waals surface area contributed by atoms with Crippen LogP contribution >= 0.6 is 11.8 Å². The van der Waals surface area contributed by atoms with Gasteiger partial charge in [-0.25, -0.2) is 4.98 Å². The van der Waals surface area contributed by atoms with Crippen LogP contribution in [0.5, 0.6) is 0 Å². The Kier molecular flexibility index (Phi) is 4.46. The van der Waals surface area contributed by atoms with Crippen LogP contribution in [-0.2, 0) is 11.8 Å². The van der Waals surface area contributed by atoms with Gasteiger partial charge in [-0.1, -0.05) is 17.8 Å². The molecule has 2 aromatic rings. The lowest BCUT2D eigenvalue weighted by atomic mass is 10.3. The average molecular weight is 276 g/mol. The number of aryl methyl sites for hydroxylation is 1. The van der Waals surface area contributed by atoms with Crippen molar-refractivity contribution < 1.29 is 4.79 Å². The van der Waals surface area contributed by atoms with Gasteiger partial charge in [0.25, 0.3) is 0 Å². The molecule has 0 spiro atoms. The van der Waals surface area contributed by atoms with Gasteiger partial charge in [-0.2, -0.15) is 0 Å².